The van der Waals surface area contributed by atoms with Crippen molar-refractivity contribution in [1.82, 2.24) is 10.2 Å². The Kier molecular flexibility index (Phi) is 4.20. The highest BCUT2D eigenvalue weighted by Crippen LogP contribution is 2.13. The summed E-state index contributed by atoms with van der Waals surface area (Å²) in [4.78, 5) is 14.0. The molecule has 4 heteroatoms. The van der Waals surface area contributed by atoms with Gasteiger partial charge < -0.3 is 15.3 Å². The molecule has 0 aliphatic carbocycles. The van der Waals surface area contributed by atoms with Crippen LogP contribution >= 0.6 is 0 Å². The quantitative estimate of drug-likeness (QED) is 0.836. The Balaban J connectivity index is 1.75. The lowest BCUT2D eigenvalue weighted by atomic mass is 10.1. The van der Waals surface area contributed by atoms with E-state index in [1.807, 2.05) is 6.07 Å². The molecule has 1 saturated heterocycles. The molecule has 1 atom stereocenters. The predicted molar refractivity (Wildman–Crippen MR) is 70.4 cm³/mol. The molecule has 0 saturated carbocycles. The smallest absolute Gasteiger partial charge is 0.224 e. The third-order valence-corrected chi connectivity index (χ3v) is 3.35. The molecular formula is C14H20N2O2. The topological polar surface area (TPSA) is 52.6 Å². The van der Waals surface area contributed by atoms with Crippen LogP contribution in [0.5, 0.6) is 5.75 Å². The molecule has 2 N–H and O–H groups in total. The van der Waals surface area contributed by atoms with Crippen molar-refractivity contribution in [2.75, 3.05) is 26.7 Å². The molecule has 1 aliphatic rings. The molecule has 98 valence electrons. The van der Waals surface area contributed by atoms with Crippen molar-refractivity contribution in [3.05, 3.63) is 29.8 Å². The molecule has 1 aromatic carbocycles. The zero-order chi connectivity index (χ0) is 13.0. The van der Waals surface area contributed by atoms with Gasteiger partial charge in [-0.15, -0.1) is 0 Å². The van der Waals surface area contributed by atoms with Crippen LogP contribution in [0, 0.1) is 5.92 Å². The van der Waals surface area contributed by atoms with Gasteiger partial charge in [0.25, 0.3) is 0 Å². The summed E-state index contributed by atoms with van der Waals surface area (Å²) >= 11 is 0. The number of nitrogens with zero attached hydrogens (tertiary/aromatic N) is 1. The van der Waals surface area contributed by atoms with Crippen LogP contribution in [0.2, 0.25) is 0 Å². The summed E-state index contributed by atoms with van der Waals surface area (Å²) in [6, 6.07) is 6.84. The number of carbonyl (C=O) groups excluding carboxylic acids is 1. The molecule has 1 amide bonds. The molecule has 18 heavy (non-hydrogen) atoms. The molecule has 2 rings (SSSR count). The first-order chi connectivity index (χ1) is 8.63. The van der Waals surface area contributed by atoms with Gasteiger partial charge in [-0.3, -0.25) is 4.79 Å². The normalized spacial score (nSPS) is 19.9. The highest BCUT2D eigenvalue weighted by atomic mass is 16.3. The number of phenols is 1. The van der Waals surface area contributed by atoms with Gasteiger partial charge in [0.05, 0.1) is 6.42 Å². The van der Waals surface area contributed by atoms with Crippen molar-refractivity contribution in [2.45, 2.75) is 12.8 Å². The largest absolute Gasteiger partial charge is 0.508 e. The first-order valence-corrected chi connectivity index (χ1v) is 6.36. The van der Waals surface area contributed by atoms with E-state index in [0.717, 1.165) is 31.6 Å². The monoisotopic (exact) mass is 248 g/mol. The van der Waals surface area contributed by atoms with Gasteiger partial charge in [-0.2, -0.15) is 0 Å². The van der Waals surface area contributed by atoms with Crippen molar-refractivity contribution in [1.29, 1.82) is 0 Å². The SMILES string of the molecule is CN1CCC(CNC(=O)Cc2cccc(O)c2)C1. The minimum absolute atomic E-state index is 0.0233. The molecule has 1 fully saturated rings. The number of hydrogen-bond acceptors (Lipinski definition) is 3. The molecule has 0 aromatic heterocycles. The van der Waals surface area contributed by atoms with Crippen LogP contribution in [-0.2, 0) is 11.2 Å². The highest BCUT2D eigenvalue weighted by molar-refractivity contribution is 5.78. The number of nitrogens with one attached hydrogen (secondary N) is 1. The van der Waals surface area contributed by atoms with E-state index >= 15 is 0 Å². The van der Waals surface area contributed by atoms with E-state index < -0.39 is 0 Å². The first kappa shape index (κ1) is 12.9. The number of aromatic hydroxyl groups is 1. The molecule has 1 unspecified atom stereocenters. The van der Waals surface area contributed by atoms with Gasteiger partial charge in [0.2, 0.25) is 5.91 Å². The first-order valence-electron chi connectivity index (χ1n) is 6.36. The van der Waals surface area contributed by atoms with E-state index in [9.17, 15) is 9.90 Å². The second-order valence-electron chi connectivity index (χ2n) is 5.07. The maximum absolute atomic E-state index is 11.8. The van der Waals surface area contributed by atoms with Gasteiger partial charge in [-0.25, -0.2) is 0 Å². The second kappa shape index (κ2) is 5.87. The van der Waals surface area contributed by atoms with Crippen LogP contribution < -0.4 is 5.32 Å². The summed E-state index contributed by atoms with van der Waals surface area (Å²) < 4.78 is 0. The van der Waals surface area contributed by atoms with Crippen molar-refractivity contribution in [3.8, 4) is 5.75 Å². The van der Waals surface area contributed by atoms with Crippen LogP contribution in [0.25, 0.3) is 0 Å². The number of benzene rings is 1. The molecule has 1 heterocycles. The summed E-state index contributed by atoms with van der Waals surface area (Å²) in [6.07, 6.45) is 1.49. The lowest BCUT2D eigenvalue weighted by Gasteiger charge is -2.11. The van der Waals surface area contributed by atoms with Crippen molar-refractivity contribution < 1.29 is 9.90 Å². The second-order valence-corrected chi connectivity index (χ2v) is 5.07. The number of phenolic OH excluding ortho intramolecular Hbond substituents is 1. The Morgan fingerprint density at radius 3 is 3.06 bits per heavy atom. The van der Waals surface area contributed by atoms with Gasteiger partial charge in [-0.1, -0.05) is 12.1 Å². The zero-order valence-corrected chi connectivity index (χ0v) is 10.7. The maximum atomic E-state index is 11.8. The van der Waals surface area contributed by atoms with E-state index in [-0.39, 0.29) is 11.7 Å². The summed E-state index contributed by atoms with van der Waals surface area (Å²) in [5.74, 6) is 0.802. The van der Waals surface area contributed by atoms with Crippen LogP contribution in [0.1, 0.15) is 12.0 Å². The van der Waals surface area contributed by atoms with Crippen LogP contribution in [0.3, 0.4) is 0 Å². The molecule has 1 aliphatic heterocycles. The number of rotatable bonds is 4. The van der Waals surface area contributed by atoms with Gasteiger partial charge in [0.15, 0.2) is 0 Å². The Morgan fingerprint density at radius 2 is 2.39 bits per heavy atom. The lowest BCUT2D eigenvalue weighted by molar-refractivity contribution is -0.120. The fourth-order valence-corrected chi connectivity index (χ4v) is 2.37. The third kappa shape index (κ3) is 3.74. The summed E-state index contributed by atoms with van der Waals surface area (Å²) in [6.45, 7) is 2.93. The van der Waals surface area contributed by atoms with Crippen LogP contribution in [0.15, 0.2) is 24.3 Å². The third-order valence-electron chi connectivity index (χ3n) is 3.35. The standard InChI is InChI=1S/C14H20N2O2/c1-16-6-5-12(10-16)9-15-14(18)8-11-3-2-4-13(17)7-11/h2-4,7,12,17H,5-6,8-10H2,1H3,(H,15,18). The fraction of sp³-hybridized carbons (Fsp3) is 0.500. The van der Waals surface area contributed by atoms with Crippen LogP contribution in [-0.4, -0.2) is 42.6 Å². The van der Waals surface area contributed by atoms with Crippen molar-refractivity contribution >= 4 is 5.91 Å². The van der Waals surface area contributed by atoms with E-state index in [1.54, 1.807) is 18.2 Å². The number of amides is 1. The minimum Gasteiger partial charge on any atom is -0.508 e. The lowest BCUT2D eigenvalue weighted by Crippen LogP contribution is -2.31. The zero-order valence-electron chi connectivity index (χ0n) is 10.7. The van der Waals surface area contributed by atoms with E-state index in [1.165, 1.54) is 0 Å². The Morgan fingerprint density at radius 1 is 1.56 bits per heavy atom. The molecule has 1 aromatic rings. The van der Waals surface area contributed by atoms with Gasteiger partial charge in [-0.05, 0) is 43.6 Å². The van der Waals surface area contributed by atoms with E-state index in [2.05, 4.69) is 17.3 Å². The van der Waals surface area contributed by atoms with Crippen LogP contribution in [0.4, 0.5) is 0 Å². The minimum atomic E-state index is 0.0233. The van der Waals surface area contributed by atoms with Gasteiger partial charge in [0, 0.05) is 13.1 Å². The summed E-state index contributed by atoms with van der Waals surface area (Å²) in [5, 5.41) is 12.3. The molecule has 0 bridgehead atoms. The summed E-state index contributed by atoms with van der Waals surface area (Å²) in [5.41, 5.74) is 0.844. The Hall–Kier alpha value is -1.55. The molecule has 4 nitrogen and oxygen atoms in total. The number of carbonyl (C=O) groups is 1. The average Bonchev–Trinajstić information content (AvgIpc) is 2.73. The molecular weight excluding hydrogens is 228 g/mol. The Bertz CT molecular complexity index is 420. The van der Waals surface area contributed by atoms with Gasteiger partial charge in [0.1, 0.15) is 5.75 Å². The summed E-state index contributed by atoms with van der Waals surface area (Å²) in [7, 11) is 2.11. The fourth-order valence-electron chi connectivity index (χ4n) is 2.37. The van der Waals surface area contributed by atoms with Crippen molar-refractivity contribution in [3.63, 3.8) is 0 Å². The van der Waals surface area contributed by atoms with E-state index in [0.29, 0.717) is 12.3 Å². The number of likely N-dealkylation sites (tertiary alicyclic amines) is 1. The van der Waals surface area contributed by atoms with E-state index in [4.69, 9.17) is 0 Å². The highest BCUT2D eigenvalue weighted by Gasteiger charge is 2.19. The van der Waals surface area contributed by atoms with Gasteiger partial charge >= 0.3 is 0 Å². The maximum Gasteiger partial charge on any atom is 0.224 e. The average molecular weight is 248 g/mol. The van der Waals surface area contributed by atoms with Crippen molar-refractivity contribution in [2.24, 2.45) is 5.92 Å². The molecule has 0 radical (unpaired) electrons. The number of hydrogen-bond donors (Lipinski definition) is 2. The Labute approximate surface area is 108 Å². The molecule has 0 spiro atoms. The predicted octanol–water partition coefficient (Wildman–Crippen LogP) is 1.00.